The van der Waals surface area contributed by atoms with Gasteiger partial charge in [0.2, 0.25) is 0 Å². The summed E-state index contributed by atoms with van der Waals surface area (Å²) in [4.78, 5) is 13.8. The number of hydrogen-bond acceptors (Lipinski definition) is 4. The lowest BCUT2D eigenvalue weighted by atomic mass is 9.97. The predicted octanol–water partition coefficient (Wildman–Crippen LogP) is 9.64. The average Bonchev–Trinajstić information content (AvgIpc) is 3.92. The van der Waals surface area contributed by atoms with E-state index in [2.05, 4.69) is 64.9 Å². The van der Waals surface area contributed by atoms with Gasteiger partial charge < -0.3 is 20.3 Å². The van der Waals surface area contributed by atoms with Crippen LogP contribution in [0.1, 0.15) is 85.6 Å². The lowest BCUT2D eigenvalue weighted by molar-refractivity contribution is 0.0292. The Hall–Kier alpha value is -3.79. The maximum Gasteiger partial charge on any atom is 0.410 e. The zero-order valence-corrected chi connectivity index (χ0v) is 30.9. The summed E-state index contributed by atoms with van der Waals surface area (Å²) in [5, 5.41) is 8.35. The monoisotopic (exact) mass is 709 g/mol. The van der Waals surface area contributed by atoms with E-state index >= 15 is 0 Å². The molecule has 3 atom stereocenters. The van der Waals surface area contributed by atoms with Crippen molar-refractivity contribution in [2.75, 3.05) is 39.3 Å². The summed E-state index contributed by atoms with van der Waals surface area (Å²) in [6.45, 7) is 11.6. The molecule has 3 aliphatic rings. The normalized spacial score (nSPS) is 19.7. The molecule has 4 aromatic carbocycles. The molecule has 0 bridgehead atoms. The number of rotatable bonds is 3. The summed E-state index contributed by atoms with van der Waals surface area (Å²) >= 11 is 11.9. The molecule has 0 saturated carbocycles. The molecule has 50 heavy (non-hydrogen) atoms. The molecule has 3 saturated heterocycles. The number of carbonyl (C=O) groups is 1. The van der Waals surface area contributed by atoms with E-state index < -0.39 is 5.60 Å². The fourth-order valence-electron chi connectivity index (χ4n) is 6.46. The predicted molar refractivity (Wildman–Crippen MR) is 207 cm³/mol. The van der Waals surface area contributed by atoms with Crippen molar-refractivity contribution < 1.29 is 9.53 Å². The van der Waals surface area contributed by atoms with Crippen LogP contribution in [0, 0.1) is 11.8 Å². The fourth-order valence-corrected chi connectivity index (χ4v) is 6.86. The van der Waals surface area contributed by atoms with Crippen molar-refractivity contribution in [1.29, 1.82) is 0 Å². The maximum absolute atomic E-state index is 12.0. The van der Waals surface area contributed by atoms with Crippen LogP contribution in [-0.4, -0.2) is 55.9 Å². The van der Waals surface area contributed by atoms with Crippen molar-refractivity contribution in [2.45, 2.75) is 63.4 Å². The van der Waals surface area contributed by atoms with Gasteiger partial charge in [-0.2, -0.15) is 0 Å². The first-order valence-electron chi connectivity index (χ1n) is 17.7. The van der Waals surface area contributed by atoms with Crippen LogP contribution in [0.3, 0.4) is 0 Å². The van der Waals surface area contributed by atoms with Crippen LogP contribution in [-0.2, 0) is 4.74 Å². The first-order valence-corrected chi connectivity index (χ1v) is 18.5. The molecule has 2 N–H and O–H groups in total. The van der Waals surface area contributed by atoms with Crippen molar-refractivity contribution in [3.63, 3.8) is 0 Å². The lowest BCUT2D eigenvalue weighted by Gasteiger charge is -2.24. The molecule has 3 fully saturated rings. The Labute approximate surface area is 308 Å². The molecule has 3 heterocycles. The van der Waals surface area contributed by atoms with E-state index in [-0.39, 0.29) is 6.09 Å². The van der Waals surface area contributed by atoms with Crippen LogP contribution in [0.25, 0.3) is 0 Å². The SMILES string of the molecule is C(#Cc1cccc(C2CCNC2)c1)c1ccccc1.CC(C)(C)OC(=O)N1CCC(c2cccc(Cl)c2)C1.Clc1cccc(C2CCNC2)c1. The smallest absolute Gasteiger partial charge is 0.410 e. The van der Waals surface area contributed by atoms with Gasteiger partial charge in [0.25, 0.3) is 0 Å². The number of hydrogen-bond donors (Lipinski definition) is 2. The molecule has 1 amide bonds. The molecule has 0 radical (unpaired) electrons. The molecule has 0 spiro atoms. The molecule has 7 rings (SSSR count). The van der Waals surface area contributed by atoms with Crippen molar-refractivity contribution in [3.8, 4) is 11.8 Å². The molecule has 3 aliphatic heterocycles. The molecular formula is C43H49Cl2N3O2. The Morgan fingerprint density at radius 1 is 0.680 bits per heavy atom. The molecule has 0 aromatic heterocycles. The number of amides is 1. The molecule has 4 aromatic rings. The lowest BCUT2D eigenvalue weighted by Crippen LogP contribution is -2.35. The van der Waals surface area contributed by atoms with Crippen molar-refractivity contribution >= 4 is 29.3 Å². The van der Waals surface area contributed by atoms with Crippen LogP contribution in [0.5, 0.6) is 0 Å². The summed E-state index contributed by atoms with van der Waals surface area (Å²) in [6.07, 6.45) is 3.20. The van der Waals surface area contributed by atoms with E-state index in [0.717, 1.165) is 60.3 Å². The van der Waals surface area contributed by atoms with Gasteiger partial charge in [-0.05, 0) is 130 Å². The van der Waals surface area contributed by atoms with Crippen LogP contribution in [0.4, 0.5) is 4.79 Å². The van der Waals surface area contributed by atoms with Gasteiger partial charge in [0.15, 0.2) is 0 Å². The van der Waals surface area contributed by atoms with Gasteiger partial charge in [0.05, 0.1) is 0 Å². The third-order valence-electron chi connectivity index (χ3n) is 9.08. The minimum Gasteiger partial charge on any atom is -0.444 e. The van der Waals surface area contributed by atoms with Gasteiger partial charge in [-0.15, -0.1) is 0 Å². The minimum absolute atomic E-state index is 0.225. The summed E-state index contributed by atoms with van der Waals surface area (Å²) < 4.78 is 5.39. The third kappa shape index (κ3) is 11.9. The van der Waals surface area contributed by atoms with Gasteiger partial charge in [0.1, 0.15) is 5.60 Å². The van der Waals surface area contributed by atoms with Crippen molar-refractivity contribution in [2.24, 2.45) is 0 Å². The summed E-state index contributed by atoms with van der Waals surface area (Å²) in [6, 6.07) is 34.8. The summed E-state index contributed by atoms with van der Waals surface area (Å²) in [7, 11) is 0. The fraction of sp³-hybridized carbons (Fsp3) is 0.372. The number of halogens is 2. The van der Waals surface area contributed by atoms with Gasteiger partial charge in [-0.1, -0.05) is 89.6 Å². The Morgan fingerprint density at radius 3 is 1.74 bits per heavy atom. The molecule has 3 unspecified atom stereocenters. The number of ether oxygens (including phenoxy) is 1. The number of nitrogens with zero attached hydrogens (tertiary/aromatic N) is 1. The second-order valence-electron chi connectivity index (χ2n) is 14.1. The topological polar surface area (TPSA) is 53.6 Å². The zero-order chi connectivity index (χ0) is 35.3. The number of carbonyl (C=O) groups excluding carboxylic acids is 1. The van der Waals surface area contributed by atoms with Crippen LogP contribution < -0.4 is 10.6 Å². The van der Waals surface area contributed by atoms with E-state index in [0.29, 0.717) is 24.3 Å². The number of nitrogens with one attached hydrogen (secondary N) is 2. The third-order valence-corrected chi connectivity index (χ3v) is 9.55. The van der Waals surface area contributed by atoms with Gasteiger partial charge in [0, 0.05) is 53.3 Å². The summed E-state index contributed by atoms with van der Waals surface area (Å²) in [5.74, 6) is 8.14. The Morgan fingerprint density at radius 2 is 1.20 bits per heavy atom. The quantitative estimate of drug-likeness (QED) is 0.208. The molecule has 262 valence electrons. The van der Waals surface area contributed by atoms with Gasteiger partial charge >= 0.3 is 6.09 Å². The number of likely N-dealkylation sites (tertiary alicyclic amines) is 1. The van der Waals surface area contributed by atoms with Crippen LogP contribution >= 0.6 is 23.2 Å². The Balaban J connectivity index is 0.000000150. The molecule has 0 aliphatic carbocycles. The molecule has 7 heteroatoms. The Bertz CT molecular complexity index is 1730. The van der Waals surface area contributed by atoms with Crippen LogP contribution in [0.2, 0.25) is 10.0 Å². The average molecular weight is 711 g/mol. The van der Waals surface area contributed by atoms with Crippen molar-refractivity contribution in [3.05, 3.63) is 141 Å². The molecular weight excluding hydrogens is 661 g/mol. The highest BCUT2D eigenvalue weighted by atomic mass is 35.5. The van der Waals surface area contributed by atoms with Crippen molar-refractivity contribution in [1.82, 2.24) is 15.5 Å². The maximum atomic E-state index is 12.0. The first kappa shape index (κ1) is 37.5. The second-order valence-corrected chi connectivity index (χ2v) is 15.0. The highest BCUT2D eigenvalue weighted by Crippen LogP contribution is 2.30. The standard InChI is InChI=1S/C18H17N.C15H20ClNO2.C10H12ClN/c1-2-5-15(6-3-1)9-10-16-7-4-8-17(13-16)18-11-12-19-14-18;1-15(2,3)19-14(18)17-8-7-12(10-17)11-5-4-6-13(16)9-11;11-10-3-1-2-8(6-10)9-4-5-12-7-9/h1-8,13,18-19H,11-12,14H2;4-6,9,12H,7-8,10H2,1-3H3;1-3,6,9,12H,4-5,7H2. The number of benzene rings is 4. The summed E-state index contributed by atoms with van der Waals surface area (Å²) in [5.41, 5.74) is 5.70. The zero-order valence-electron chi connectivity index (χ0n) is 29.4. The second kappa shape index (κ2) is 18.4. The highest BCUT2D eigenvalue weighted by Gasteiger charge is 2.30. The van der Waals surface area contributed by atoms with E-state index in [1.54, 1.807) is 4.90 Å². The van der Waals surface area contributed by atoms with Crippen LogP contribution in [0.15, 0.2) is 103 Å². The van der Waals surface area contributed by atoms with E-state index in [1.165, 1.54) is 29.5 Å². The van der Waals surface area contributed by atoms with Gasteiger partial charge in [-0.25, -0.2) is 4.79 Å². The highest BCUT2D eigenvalue weighted by molar-refractivity contribution is 6.30. The molecule has 5 nitrogen and oxygen atoms in total. The Kier molecular flexibility index (Phi) is 13.8. The van der Waals surface area contributed by atoms with Gasteiger partial charge in [-0.3, -0.25) is 0 Å². The van der Waals surface area contributed by atoms with E-state index in [1.807, 2.05) is 81.4 Å². The first-order chi connectivity index (χ1) is 24.1. The largest absolute Gasteiger partial charge is 0.444 e. The van der Waals surface area contributed by atoms with E-state index in [4.69, 9.17) is 27.9 Å². The van der Waals surface area contributed by atoms with E-state index in [9.17, 15) is 4.79 Å². The minimum atomic E-state index is -0.439.